The molecule has 0 spiro atoms. The highest BCUT2D eigenvalue weighted by Gasteiger charge is 2.35. The minimum absolute atomic E-state index is 0.00428. The zero-order valence-electron chi connectivity index (χ0n) is 12.1. The van der Waals surface area contributed by atoms with Crippen molar-refractivity contribution in [1.82, 2.24) is 0 Å². The van der Waals surface area contributed by atoms with Crippen LogP contribution in [0.3, 0.4) is 0 Å². The molecule has 4 nitrogen and oxygen atoms in total. The van der Waals surface area contributed by atoms with Gasteiger partial charge in [-0.15, -0.1) is 0 Å². The average molecular weight is 290 g/mol. The third-order valence-corrected chi connectivity index (χ3v) is 3.94. The summed E-state index contributed by atoms with van der Waals surface area (Å²) in [6.45, 7) is 1.91. The van der Waals surface area contributed by atoms with E-state index in [1.54, 1.807) is 30.3 Å². The summed E-state index contributed by atoms with van der Waals surface area (Å²) >= 11 is 0. The van der Waals surface area contributed by atoms with Gasteiger partial charge in [0.05, 0.1) is 17.6 Å². The number of benzene rings is 2. The Morgan fingerprint density at radius 3 is 2.82 bits per heavy atom. The van der Waals surface area contributed by atoms with E-state index in [0.717, 1.165) is 11.1 Å². The number of aryl methyl sites for hydroxylation is 1. The molecule has 0 saturated carbocycles. The molecule has 0 saturated heterocycles. The Labute approximate surface area is 128 Å². The van der Waals surface area contributed by atoms with Crippen LogP contribution in [0.2, 0.25) is 0 Å². The van der Waals surface area contributed by atoms with Crippen LogP contribution < -0.4 is 5.32 Å². The van der Waals surface area contributed by atoms with Crippen molar-refractivity contribution >= 4 is 17.4 Å². The fourth-order valence-corrected chi connectivity index (χ4v) is 2.90. The van der Waals surface area contributed by atoms with Crippen molar-refractivity contribution < 1.29 is 9.59 Å². The molecule has 1 amide bonds. The first-order chi connectivity index (χ1) is 10.6. The molecule has 3 rings (SSSR count). The predicted octanol–water partition coefficient (Wildman–Crippen LogP) is 3.18. The molecular formula is C18H14N2O2. The Balaban J connectivity index is 1.89. The highest BCUT2D eigenvalue weighted by atomic mass is 16.2. The molecule has 4 heteroatoms. The second-order valence-corrected chi connectivity index (χ2v) is 5.40. The molecule has 1 N–H and O–H groups in total. The SMILES string of the molecule is Cc1cccc2c1C(C(=O)Nc1cccc(C#N)c1)CC2=O. The van der Waals surface area contributed by atoms with Crippen LogP contribution in [0.1, 0.15) is 39.4 Å². The van der Waals surface area contributed by atoms with Crippen LogP contribution in [0.4, 0.5) is 5.69 Å². The molecule has 2 aromatic carbocycles. The highest BCUT2D eigenvalue weighted by molar-refractivity contribution is 6.09. The minimum atomic E-state index is -0.463. The predicted molar refractivity (Wildman–Crippen MR) is 82.7 cm³/mol. The summed E-state index contributed by atoms with van der Waals surface area (Å²) in [4.78, 5) is 24.6. The van der Waals surface area contributed by atoms with Crippen molar-refractivity contribution in [2.45, 2.75) is 19.3 Å². The molecule has 0 fully saturated rings. The normalized spacial score (nSPS) is 16.0. The summed E-state index contributed by atoms with van der Waals surface area (Å²) in [6, 6.07) is 14.3. The lowest BCUT2D eigenvalue weighted by molar-refractivity contribution is -0.117. The molecule has 1 aliphatic carbocycles. The van der Waals surface area contributed by atoms with Gasteiger partial charge in [0, 0.05) is 17.7 Å². The number of hydrogen-bond donors (Lipinski definition) is 1. The van der Waals surface area contributed by atoms with Crippen molar-refractivity contribution in [3.05, 3.63) is 64.7 Å². The Kier molecular flexibility index (Phi) is 3.48. The summed E-state index contributed by atoms with van der Waals surface area (Å²) in [5, 5.41) is 11.7. The first kappa shape index (κ1) is 14.0. The Bertz CT molecular complexity index is 818. The summed E-state index contributed by atoms with van der Waals surface area (Å²) in [5.41, 5.74) is 3.47. The summed E-state index contributed by atoms with van der Waals surface area (Å²) in [7, 11) is 0. The maximum Gasteiger partial charge on any atom is 0.232 e. The van der Waals surface area contributed by atoms with E-state index in [4.69, 9.17) is 5.26 Å². The lowest BCUT2D eigenvalue weighted by Gasteiger charge is -2.13. The molecule has 0 aromatic heterocycles. The van der Waals surface area contributed by atoms with E-state index in [1.165, 1.54) is 0 Å². The molecule has 1 atom stereocenters. The average Bonchev–Trinajstić information content (AvgIpc) is 2.86. The van der Waals surface area contributed by atoms with Gasteiger partial charge in [0.25, 0.3) is 0 Å². The standard InChI is InChI=1S/C18H14N2O2/c1-11-4-2-7-14-16(21)9-15(17(11)14)18(22)20-13-6-3-5-12(8-13)10-19/h2-8,15H,9H2,1H3,(H,20,22). The minimum Gasteiger partial charge on any atom is -0.326 e. The fraction of sp³-hybridized carbons (Fsp3) is 0.167. The molecule has 108 valence electrons. The number of amides is 1. The maximum absolute atomic E-state index is 12.5. The van der Waals surface area contributed by atoms with Crippen molar-refractivity contribution in [2.24, 2.45) is 0 Å². The Morgan fingerprint density at radius 1 is 1.27 bits per heavy atom. The molecule has 0 aliphatic heterocycles. The van der Waals surface area contributed by atoms with Crippen molar-refractivity contribution in [3.63, 3.8) is 0 Å². The summed E-state index contributed by atoms with van der Waals surface area (Å²) in [6.07, 6.45) is 0.198. The third kappa shape index (κ3) is 2.38. The van der Waals surface area contributed by atoms with Crippen molar-refractivity contribution in [2.75, 3.05) is 5.32 Å². The Morgan fingerprint density at radius 2 is 2.05 bits per heavy atom. The Hall–Kier alpha value is -2.93. The van der Waals surface area contributed by atoms with Crippen LogP contribution in [0, 0.1) is 18.3 Å². The summed E-state index contributed by atoms with van der Waals surface area (Å²) < 4.78 is 0. The first-order valence-corrected chi connectivity index (χ1v) is 7.04. The topological polar surface area (TPSA) is 70.0 Å². The van der Waals surface area contributed by atoms with E-state index >= 15 is 0 Å². The molecule has 1 unspecified atom stereocenters. The van der Waals surface area contributed by atoms with E-state index < -0.39 is 5.92 Å². The quantitative estimate of drug-likeness (QED) is 0.923. The molecule has 0 bridgehead atoms. The highest BCUT2D eigenvalue weighted by Crippen LogP contribution is 2.36. The van der Waals surface area contributed by atoms with Crippen LogP contribution in [0.5, 0.6) is 0 Å². The summed E-state index contributed by atoms with van der Waals surface area (Å²) in [5.74, 6) is -0.671. The number of carbonyl (C=O) groups is 2. The second kappa shape index (κ2) is 5.45. The lowest BCUT2D eigenvalue weighted by Crippen LogP contribution is -2.20. The number of fused-ring (bicyclic) bond motifs is 1. The maximum atomic E-state index is 12.5. The lowest BCUT2D eigenvalue weighted by atomic mass is 9.95. The van der Waals surface area contributed by atoms with Gasteiger partial charge in [-0.2, -0.15) is 5.26 Å². The number of nitrogens with one attached hydrogen (secondary N) is 1. The number of hydrogen-bond acceptors (Lipinski definition) is 3. The monoisotopic (exact) mass is 290 g/mol. The van der Waals surface area contributed by atoms with Gasteiger partial charge in [-0.3, -0.25) is 9.59 Å². The molecular weight excluding hydrogens is 276 g/mol. The second-order valence-electron chi connectivity index (χ2n) is 5.40. The van der Waals surface area contributed by atoms with Gasteiger partial charge in [0.1, 0.15) is 0 Å². The van der Waals surface area contributed by atoms with Crippen LogP contribution in [0.25, 0.3) is 0 Å². The van der Waals surface area contributed by atoms with E-state index in [-0.39, 0.29) is 18.1 Å². The number of ketones is 1. The number of carbonyl (C=O) groups excluding carboxylic acids is 2. The molecule has 1 aliphatic rings. The molecule has 0 heterocycles. The van der Waals surface area contributed by atoms with E-state index in [0.29, 0.717) is 16.8 Å². The van der Waals surface area contributed by atoms with Gasteiger partial charge < -0.3 is 5.32 Å². The van der Waals surface area contributed by atoms with Gasteiger partial charge >= 0.3 is 0 Å². The van der Waals surface area contributed by atoms with Gasteiger partial charge in [0.2, 0.25) is 5.91 Å². The molecule has 22 heavy (non-hydrogen) atoms. The molecule has 2 aromatic rings. The van der Waals surface area contributed by atoms with E-state index in [9.17, 15) is 9.59 Å². The number of rotatable bonds is 2. The zero-order chi connectivity index (χ0) is 15.7. The van der Waals surface area contributed by atoms with Gasteiger partial charge in [-0.25, -0.2) is 0 Å². The largest absolute Gasteiger partial charge is 0.326 e. The number of Topliss-reactive ketones (excluding diaryl/α,β-unsaturated/α-hetero) is 1. The van der Waals surface area contributed by atoms with Crippen molar-refractivity contribution in [1.29, 1.82) is 5.26 Å². The number of nitriles is 1. The first-order valence-electron chi connectivity index (χ1n) is 7.04. The van der Waals surface area contributed by atoms with Gasteiger partial charge in [-0.1, -0.05) is 24.3 Å². The van der Waals surface area contributed by atoms with E-state index in [1.807, 2.05) is 25.1 Å². The van der Waals surface area contributed by atoms with E-state index in [2.05, 4.69) is 5.32 Å². The van der Waals surface area contributed by atoms with Gasteiger partial charge in [-0.05, 0) is 36.2 Å². The van der Waals surface area contributed by atoms with Crippen LogP contribution in [-0.4, -0.2) is 11.7 Å². The van der Waals surface area contributed by atoms with Crippen molar-refractivity contribution in [3.8, 4) is 6.07 Å². The third-order valence-electron chi connectivity index (χ3n) is 3.94. The fourth-order valence-electron chi connectivity index (χ4n) is 2.90. The number of anilines is 1. The molecule has 0 radical (unpaired) electrons. The smallest absolute Gasteiger partial charge is 0.232 e. The van der Waals surface area contributed by atoms with Crippen LogP contribution in [-0.2, 0) is 4.79 Å². The van der Waals surface area contributed by atoms with Crippen LogP contribution >= 0.6 is 0 Å². The van der Waals surface area contributed by atoms with Crippen LogP contribution in [0.15, 0.2) is 42.5 Å². The number of nitrogens with zero attached hydrogens (tertiary/aromatic N) is 1. The van der Waals surface area contributed by atoms with Gasteiger partial charge in [0.15, 0.2) is 5.78 Å². The zero-order valence-corrected chi connectivity index (χ0v) is 12.1.